The van der Waals surface area contributed by atoms with Gasteiger partial charge in [-0.05, 0) is 25.8 Å². The molecule has 3 rings (SSSR count). The normalized spacial score (nSPS) is 36.2. The van der Waals surface area contributed by atoms with Crippen LogP contribution in [0.25, 0.3) is 0 Å². The summed E-state index contributed by atoms with van der Waals surface area (Å²) in [6.45, 7) is 3.62. The first-order valence-electron chi connectivity index (χ1n) is 7.95. The monoisotopic (exact) mass is 318 g/mol. The molecule has 2 aliphatic rings. The number of aliphatic hydroxyl groups is 1. The zero-order valence-corrected chi connectivity index (χ0v) is 13.3. The van der Waals surface area contributed by atoms with Crippen LogP contribution in [0.5, 0.6) is 0 Å². The Hall–Kier alpha value is -1.92. The summed E-state index contributed by atoms with van der Waals surface area (Å²) in [5.74, 6) is -2.22. The van der Waals surface area contributed by atoms with Crippen LogP contribution in [0.2, 0.25) is 0 Å². The van der Waals surface area contributed by atoms with Crippen molar-refractivity contribution in [3.8, 4) is 0 Å². The van der Waals surface area contributed by atoms with Gasteiger partial charge in [0.25, 0.3) is 0 Å². The van der Waals surface area contributed by atoms with Crippen molar-refractivity contribution in [3.63, 3.8) is 0 Å². The number of hydrogen-bond donors (Lipinski definition) is 3. The molecule has 124 valence electrons. The molecule has 1 aliphatic heterocycles. The summed E-state index contributed by atoms with van der Waals surface area (Å²) in [5.41, 5.74) is 5.19. The van der Waals surface area contributed by atoms with Gasteiger partial charge in [-0.2, -0.15) is 0 Å². The molecule has 0 bridgehead atoms. The molecule has 3 N–H and O–H groups in total. The molecule has 1 aromatic carbocycles. The van der Waals surface area contributed by atoms with E-state index in [1.54, 1.807) is 13.8 Å². The third kappa shape index (κ3) is 2.72. The van der Waals surface area contributed by atoms with Crippen molar-refractivity contribution in [3.05, 3.63) is 35.9 Å². The summed E-state index contributed by atoms with van der Waals surface area (Å²) in [6, 6.07) is 9.19. The van der Waals surface area contributed by atoms with E-state index in [2.05, 4.69) is 10.9 Å². The smallest absolute Gasteiger partial charge is 0.312 e. The zero-order valence-electron chi connectivity index (χ0n) is 13.3. The van der Waals surface area contributed by atoms with Crippen molar-refractivity contribution in [1.82, 2.24) is 10.9 Å². The maximum absolute atomic E-state index is 12.6. The van der Waals surface area contributed by atoms with Gasteiger partial charge in [0.05, 0.1) is 24.0 Å². The second-order valence-electron chi connectivity index (χ2n) is 6.49. The number of benzene rings is 1. The number of carbonyl (C=O) groups excluding carboxylic acids is 2. The first-order chi connectivity index (χ1) is 11.0. The van der Waals surface area contributed by atoms with Crippen molar-refractivity contribution in [2.45, 2.75) is 37.8 Å². The van der Waals surface area contributed by atoms with E-state index in [0.29, 0.717) is 6.42 Å². The summed E-state index contributed by atoms with van der Waals surface area (Å²) >= 11 is 0. The van der Waals surface area contributed by atoms with Crippen LogP contribution in [0.15, 0.2) is 30.3 Å². The lowest BCUT2D eigenvalue weighted by molar-refractivity contribution is -0.165. The molecule has 0 unspecified atom stereocenters. The van der Waals surface area contributed by atoms with Crippen LogP contribution >= 0.6 is 0 Å². The number of rotatable bonds is 3. The van der Waals surface area contributed by atoms with E-state index >= 15 is 0 Å². The number of fused-ring (bicyclic) bond motifs is 1. The van der Waals surface area contributed by atoms with Crippen molar-refractivity contribution < 1.29 is 19.4 Å². The van der Waals surface area contributed by atoms with E-state index in [1.165, 1.54) is 0 Å². The molecule has 1 aromatic rings. The third-order valence-corrected chi connectivity index (χ3v) is 4.89. The molecule has 0 aromatic heterocycles. The Labute approximate surface area is 135 Å². The molecule has 0 radical (unpaired) electrons. The standard InChI is InChI=1S/C17H22N2O4/c1-3-23-16(21)14-12(10-7-5-4-6-8-10)13-11(9-17(14,2)22)18-19-15(13)20/h4-8,11-14,18,22H,3,9H2,1-2H3,(H,19,20)/t11-,12-,13-,14+,17-/m1/s1. The van der Waals surface area contributed by atoms with Gasteiger partial charge in [-0.25, -0.2) is 5.43 Å². The Morgan fingerprint density at radius 2 is 2.04 bits per heavy atom. The molecule has 5 atom stereocenters. The summed E-state index contributed by atoms with van der Waals surface area (Å²) in [5, 5.41) is 10.9. The zero-order chi connectivity index (χ0) is 16.6. The fourth-order valence-corrected chi connectivity index (χ4v) is 3.98. The van der Waals surface area contributed by atoms with Gasteiger partial charge in [0.1, 0.15) is 0 Å². The second kappa shape index (κ2) is 5.94. The van der Waals surface area contributed by atoms with Gasteiger partial charge in [0, 0.05) is 12.0 Å². The van der Waals surface area contributed by atoms with Crippen LogP contribution in [0.3, 0.4) is 0 Å². The van der Waals surface area contributed by atoms with Crippen LogP contribution in [0.4, 0.5) is 0 Å². The fraction of sp³-hybridized carbons (Fsp3) is 0.529. The minimum Gasteiger partial charge on any atom is -0.466 e. The first-order valence-corrected chi connectivity index (χ1v) is 7.95. The minimum atomic E-state index is -1.26. The summed E-state index contributed by atoms with van der Waals surface area (Å²) in [6.07, 6.45) is 0.309. The van der Waals surface area contributed by atoms with E-state index in [4.69, 9.17) is 4.74 Å². The molecule has 0 spiro atoms. The Kier molecular flexibility index (Phi) is 4.12. The molecule has 23 heavy (non-hydrogen) atoms. The molecule has 1 aliphatic carbocycles. The Balaban J connectivity index is 2.08. The molecule has 6 nitrogen and oxygen atoms in total. The Bertz CT molecular complexity index is 602. The molecule has 1 heterocycles. The number of carbonyl (C=O) groups is 2. The van der Waals surface area contributed by atoms with Gasteiger partial charge < -0.3 is 9.84 Å². The van der Waals surface area contributed by atoms with E-state index < -0.39 is 29.3 Å². The highest BCUT2D eigenvalue weighted by molar-refractivity contribution is 5.85. The van der Waals surface area contributed by atoms with Crippen LogP contribution in [0, 0.1) is 11.8 Å². The highest BCUT2D eigenvalue weighted by Crippen LogP contribution is 2.48. The van der Waals surface area contributed by atoms with E-state index in [-0.39, 0.29) is 18.6 Å². The highest BCUT2D eigenvalue weighted by Gasteiger charge is 2.58. The second-order valence-corrected chi connectivity index (χ2v) is 6.49. The lowest BCUT2D eigenvalue weighted by atomic mass is 9.61. The highest BCUT2D eigenvalue weighted by atomic mass is 16.5. The van der Waals surface area contributed by atoms with Crippen molar-refractivity contribution >= 4 is 11.9 Å². The molecular formula is C17H22N2O4. The molecule has 6 heteroatoms. The summed E-state index contributed by atoms with van der Waals surface area (Å²) < 4.78 is 5.20. The van der Waals surface area contributed by atoms with Crippen molar-refractivity contribution in [2.75, 3.05) is 6.61 Å². The maximum Gasteiger partial charge on any atom is 0.312 e. The Morgan fingerprint density at radius 1 is 1.35 bits per heavy atom. The van der Waals surface area contributed by atoms with Gasteiger partial charge in [-0.15, -0.1) is 0 Å². The predicted octanol–water partition coefficient (Wildman–Crippen LogP) is 0.723. The SMILES string of the molecule is CCOC(=O)[C@@H]1[C@H](c2ccccc2)[C@@H]2C(=O)NN[C@@H]2C[C@@]1(C)O. The number of nitrogens with one attached hydrogen (secondary N) is 2. The maximum atomic E-state index is 12.6. The minimum absolute atomic E-state index is 0.145. The molecule has 1 saturated carbocycles. The van der Waals surface area contributed by atoms with Gasteiger partial charge in [0.15, 0.2) is 0 Å². The van der Waals surface area contributed by atoms with Crippen LogP contribution in [0.1, 0.15) is 31.7 Å². The predicted molar refractivity (Wildman–Crippen MR) is 83.1 cm³/mol. The van der Waals surface area contributed by atoms with Crippen LogP contribution < -0.4 is 10.9 Å². The number of ether oxygens (including phenoxy) is 1. The largest absolute Gasteiger partial charge is 0.466 e. The van der Waals surface area contributed by atoms with Gasteiger partial charge >= 0.3 is 5.97 Å². The molecule has 1 amide bonds. The van der Waals surface area contributed by atoms with Crippen molar-refractivity contribution in [1.29, 1.82) is 0 Å². The quantitative estimate of drug-likeness (QED) is 0.715. The van der Waals surface area contributed by atoms with Crippen molar-refractivity contribution in [2.24, 2.45) is 11.8 Å². The molecule has 2 fully saturated rings. The first kappa shape index (κ1) is 16.0. The summed E-state index contributed by atoms with van der Waals surface area (Å²) in [7, 11) is 0. The Morgan fingerprint density at radius 3 is 2.70 bits per heavy atom. The van der Waals surface area contributed by atoms with Gasteiger partial charge in [-0.1, -0.05) is 30.3 Å². The average molecular weight is 318 g/mol. The van der Waals surface area contributed by atoms with Gasteiger partial charge in [-0.3, -0.25) is 15.0 Å². The lowest BCUT2D eigenvalue weighted by Crippen LogP contribution is -2.56. The topological polar surface area (TPSA) is 87.7 Å². The molecular weight excluding hydrogens is 296 g/mol. The van der Waals surface area contributed by atoms with E-state index in [9.17, 15) is 14.7 Å². The third-order valence-electron chi connectivity index (χ3n) is 4.89. The number of esters is 1. The number of hydrogen-bond acceptors (Lipinski definition) is 5. The molecule has 1 saturated heterocycles. The van der Waals surface area contributed by atoms with Crippen LogP contribution in [-0.2, 0) is 14.3 Å². The van der Waals surface area contributed by atoms with E-state index in [1.807, 2.05) is 30.3 Å². The van der Waals surface area contributed by atoms with Gasteiger partial charge in [0.2, 0.25) is 5.91 Å². The lowest BCUT2D eigenvalue weighted by Gasteiger charge is -2.45. The fourth-order valence-electron chi connectivity index (χ4n) is 3.98. The van der Waals surface area contributed by atoms with E-state index in [0.717, 1.165) is 5.56 Å². The number of hydrazine groups is 1. The summed E-state index contributed by atoms with van der Waals surface area (Å²) in [4.78, 5) is 24.9. The van der Waals surface area contributed by atoms with Crippen LogP contribution in [-0.4, -0.2) is 35.2 Å². The number of amides is 1. The average Bonchev–Trinajstić information content (AvgIpc) is 2.86.